The van der Waals surface area contributed by atoms with Crippen molar-refractivity contribution in [1.29, 1.82) is 0 Å². The topological polar surface area (TPSA) is 105 Å². The maximum atomic E-state index is 13.1. The molecule has 9 nitrogen and oxygen atoms in total. The Morgan fingerprint density at radius 1 is 1.10 bits per heavy atom. The van der Waals surface area contributed by atoms with E-state index in [1.807, 2.05) is 0 Å². The molecule has 1 N–H and O–H groups in total. The van der Waals surface area contributed by atoms with E-state index in [-0.39, 0.29) is 79.5 Å². The van der Waals surface area contributed by atoms with Crippen LogP contribution in [0.4, 0.5) is 0 Å². The van der Waals surface area contributed by atoms with Gasteiger partial charge in [-0.2, -0.15) is 0 Å². The highest BCUT2D eigenvalue weighted by molar-refractivity contribution is 6.54. The van der Waals surface area contributed by atoms with E-state index in [9.17, 15) is 19.2 Å². The van der Waals surface area contributed by atoms with Crippen molar-refractivity contribution in [1.82, 2.24) is 15.1 Å². The third-order valence-electron chi connectivity index (χ3n) is 7.33. The molecule has 0 saturated carbocycles. The molecule has 0 spiro atoms. The fourth-order valence-electron chi connectivity index (χ4n) is 5.17. The summed E-state index contributed by atoms with van der Waals surface area (Å²) in [6, 6.07) is 5.73. The van der Waals surface area contributed by atoms with Crippen molar-refractivity contribution >= 4 is 79.2 Å². The van der Waals surface area contributed by atoms with E-state index in [1.165, 1.54) is 15.9 Å². The molecule has 3 heterocycles. The maximum Gasteiger partial charge on any atom is 0.255 e. The van der Waals surface area contributed by atoms with E-state index in [0.29, 0.717) is 22.4 Å². The number of hydrogen-bond donors (Lipinski definition) is 1. The summed E-state index contributed by atoms with van der Waals surface area (Å²) in [4.78, 5) is 52.0. The zero-order valence-corrected chi connectivity index (χ0v) is 21.1. The Bertz CT molecular complexity index is 1400. The number of ether oxygens (including phenoxy) is 2. The molecule has 0 aromatic heterocycles. The zero-order chi connectivity index (χ0) is 28.1. The van der Waals surface area contributed by atoms with Crippen molar-refractivity contribution < 1.29 is 28.7 Å². The van der Waals surface area contributed by atoms with Gasteiger partial charge >= 0.3 is 0 Å². The number of benzene rings is 2. The number of rotatable bonds is 6. The quantitative estimate of drug-likeness (QED) is 0.322. The van der Waals surface area contributed by atoms with Gasteiger partial charge in [0.15, 0.2) is 0 Å². The van der Waals surface area contributed by atoms with Gasteiger partial charge in [-0.1, -0.05) is 28.5 Å². The van der Waals surface area contributed by atoms with Crippen molar-refractivity contribution in [2.75, 3.05) is 19.8 Å². The normalized spacial score (nSPS) is 19.7. The molecular formula is C25H20B5N3O6. The van der Waals surface area contributed by atoms with E-state index in [2.05, 4.69) is 5.32 Å². The molecule has 5 rings (SSSR count). The number of imide groups is 1. The molecule has 2 fully saturated rings. The van der Waals surface area contributed by atoms with Gasteiger partial charge in [-0.05, 0) is 35.0 Å². The molecular weight excluding hydrogens is 492 g/mol. The molecule has 14 heteroatoms. The fourth-order valence-corrected chi connectivity index (χ4v) is 5.17. The number of nitrogens with one attached hydrogen (secondary N) is 1. The molecule has 186 valence electrons. The highest BCUT2D eigenvalue weighted by Gasteiger charge is 2.40. The van der Waals surface area contributed by atoms with Gasteiger partial charge in [-0.25, -0.2) is 0 Å². The summed E-state index contributed by atoms with van der Waals surface area (Å²) in [5, 5.41) is 0.511. The van der Waals surface area contributed by atoms with Gasteiger partial charge in [0.2, 0.25) is 17.7 Å². The average Bonchev–Trinajstić information content (AvgIpc) is 3.23. The molecule has 1 unspecified atom stereocenters. The van der Waals surface area contributed by atoms with Gasteiger partial charge in [0, 0.05) is 24.1 Å². The minimum Gasteiger partial charge on any atom is -0.489 e. The minimum absolute atomic E-state index is 0.0598. The number of carbonyl (C=O) groups excluding carboxylic acids is 4. The summed E-state index contributed by atoms with van der Waals surface area (Å²) in [7, 11) is 31.6. The highest BCUT2D eigenvalue weighted by atomic mass is 16.5. The van der Waals surface area contributed by atoms with Crippen molar-refractivity contribution in [2.24, 2.45) is 0 Å². The summed E-state index contributed by atoms with van der Waals surface area (Å²) in [6.45, 7) is 0.327. The second-order valence-electron chi connectivity index (χ2n) is 9.71. The van der Waals surface area contributed by atoms with Crippen LogP contribution in [0.2, 0.25) is 0 Å². The second kappa shape index (κ2) is 10.3. The number of piperidine rings is 1. The van der Waals surface area contributed by atoms with Crippen LogP contribution in [0, 0.1) is 0 Å². The number of carbonyl (C=O) groups is 4. The SMILES string of the molecule is [B]c1cc(C([B])([B])N2CCOCC2=O)c([B])c([B])c1COc1cccc2c1CN(C1CCC(=O)NC1=O)C2=O. The number of fused-ring (bicyclic) bond motifs is 1. The van der Waals surface area contributed by atoms with E-state index >= 15 is 0 Å². The lowest BCUT2D eigenvalue weighted by atomic mass is 9.52. The van der Waals surface area contributed by atoms with E-state index in [4.69, 9.17) is 48.7 Å². The van der Waals surface area contributed by atoms with Crippen molar-refractivity contribution in [3.8, 4) is 5.75 Å². The first-order chi connectivity index (χ1) is 18.5. The lowest BCUT2D eigenvalue weighted by Gasteiger charge is -2.44. The summed E-state index contributed by atoms with van der Waals surface area (Å²) >= 11 is 0. The van der Waals surface area contributed by atoms with Crippen LogP contribution in [-0.2, 0) is 37.6 Å². The first-order valence-electron chi connectivity index (χ1n) is 12.3. The molecule has 1 atom stereocenters. The third kappa shape index (κ3) is 4.79. The van der Waals surface area contributed by atoms with Gasteiger partial charge < -0.3 is 19.3 Å². The van der Waals surface area contributed by atoms with Gasteiger partial charge in [0.25, 0.3) is 5.91 Å². The van der Waals surface area contributed by atoms with Crippen LogP contribution in [0.1, 0.15) is 39.9 Å². The monoisotopic (exact) mass is 513 g/mol. The Labute approximate surface area is 232 Å². The molecule has 2 saturated heterocycles. The van der Waals surface area contributed by atoms with Crippen LogP contribution >= 0.6 is 0 Å². The van der Waals surface area contributed by atoms with Crippen LogP contribution in [0.5, 0.6) is 5.75 Å². The molecule has 39 heavy (non-hydrogen) atoms. The number of nitrogens with zero attached hydrogens (tertiary/aromatic N) is 2. The molecule has 0 bridgehead atoms. The van der Waals surface area contributed by atoms with Gasteiger partial charge in [-0.3, -0.25) is 24.5 Å². The van der Waals surface area contributed by atoms with Gasteiger partial charge in [0.05, 0.1) is 28.8 Å². The van der Waals surface area contributed by atoms with Crippen molar-refractivity contribution in [3.05, 3.63) is 46.5 Å². The molecule has 3 aliphatic rings. The van der Waals surface area contributed by atoms with Crippen LogP contribution in [0.25, 0.3) is 0 Å². The smallest absolute Gasteiger partial charge is 0.255 e. The van der Waals surface area contributed by atoms with Crippen LogP contribution < -0.4 is 26.4 Å². The number of amides is 4. The van der Waals surface area contributed by atoms with Crippen LogP contribution in [0.3, 0.4) is 0 Å². The van der Waals surface area contributed by atoms with Crippen LogP contribution in [0.15, 0.2) is 24.3 Å². The van der Waals surface area contributed by atoms with Crippen molar-refractivity contribution in [2.45, 2.75) is 37.4 Å². The highest BCUT2D eigenvalue weighted by Crippen LogP contribution is 2.34. The van der Waals surface area contributed by atoms with E-state index < -0.39 is 23.2 Å². The average molecular weight is 513 g/mol. The number of hydrogen-bond acceptors (Lipinski definition) is 6. The third-order valence-corrected chi connectivity index (χ3v) is 7.33. The lowest BCUT2D eigenvalue weighted by Crippen LogP contribution is -2.58. The van der Waals surface area contributed by atoms with Crippen molar-refractivity contribution in [3.63, 3.8) is 0 Å². The summed E-state index contributed by atoms with van der Waals surface area (Å²) < 4.78 is 11.2. The zero-order valence-electron chi connectivity index (χ0n) is 21.1. The molecule has 10 radical (unpaired) electrons. The van der Waals surface area contributed by atoms with Crippen LogP contribution in [-0.4, -0.2) is 98.5 Å². The molecule has 0 aliphatic carbocycles. The summed E-state index contributed by atoms with van der Waals surface area (Å²) in [5.74, 6) is -1.17. The maximum absolute atomic E-state index is 13.1. The Morgan fingerprint density at radius 2 is 1.87 bits per heavy atom. The first-order valence-corrected chi connectivity index (χ1v) is 12.3. The fraction of sp³-hybridized carbons (Fsp3) is 0.360. The number of morpholine rings is 1. The minimum atomic E-state index is -1.77. The lowest BCUT2D eigenvalue weighted by molar-refractivity contribution is -0.145. The molecule has 4 amide bonds. The predicted octanol–water partition coefficient (Wildman–Crippen LogP) is -3.29. The first kappa shape index (κ1) is 27.2. The summed E-state index contributed by atoms with van der Waals surface area (Å²) in [6.07, 6.45) is 0.404. The molecule has 3 aliphatic heterocycles. The second-order valence-corrected chi connectivity index (χ2v) is 9.71. The standard InChI is InChI=1S/C25H20B5N3O6/c26-16-8-15(25(29,30)33-6-7-38-11-20(33)35)22(28)21(27)14(16)10-39-18-3-1-2-12-13(18)9-32(24(12)37)17-4-5-19(34)31-23(17)36/h1-3,8,17H,4-7,9-11H2,(H,31,34,36). The summed E-state index contributed by atoms with van der Waals surface area (Å²) in [5.41, 5.74) is 1.92. The Kier molecular flexibility index (Phi) is 7.18. The van der Waals surface area contributed by atoms with Gasteiger partial charge in [-0.15, -0.1) is 0 Å². The van der Waals surface area contributed by atoms with E-state index in [0.717, 1.165) is 0 Å². The molecule has 2 aromatic rings. The Balaban J connectivity index is 1.37. The largest absolute Gasteiger partial charge is 0.489 e. The van der Waals surface area contributed by atoms with E-state index in [1.54, 1.807) is 18.2 Å². The Hall–Kier alpha value is -3.40. The Morgan fingerprint density at radius 3 is 2.59 bits per heavy atom. The predicted molar refractivity (Wildman–Crippen MR) is 145 cm³/mol. The molecule has 2 aromatic carbocycles. The van der Waals surface area contributed by atoms with Gasteiger partial charge in [0.1, 0.15) is 48.5 Å².